The molecular formula is C18H23N3O4. The number of hydrogen-bond acceptors (Lipinski definition) is 4. The number of methoxy groups -OCH3 is 1. The van der Waals surface area contributed by atoms with Gasteiger partial charge in [0.05, 0.1) is 7.11 Å². The quantitative estimate of drug-likeness (QED) is 0.819. The van der Waals surface area contributed by atoms with Crippen LogP contribution >= 0.6 is 0 Å². The fraction of sp³-hybridized carbons (Fsp3) is 0.500. The summed E-state index contributed by atoms with van der Waals surface area (Å²) in [5.41, 5.74) is -0.266. The molecule has 0 bridgehead atoms. The fourth-order valence-corrected chi connectivity index (χ4v) is 3.46. The minimum atomic E-state index is -0.820. The second-order valence-corrected chi connectivity index (χ2v) is 6.87. The molecule has 1 aromatic carbocycles. The van der Waals surface area contributed by atoms with Gasteiger partial charge in [0.25, 0.3) is 5.91 Å². The number of carbonyl (C=O) groups excluding carboxylic acids is 3. The smallest absolute Gasteiger partial charge is 0.325 e. The molecule has 3 rings (SSSR count). The fourth-order valence-electron chi connectivity index (χ4n) is 3.46. The number of carbonyl (C=O) groups is 3. The van der Waals surface area contributed by atoms with Crippen molar-refractivity contribution in [2.45, 2.75) is 38.1 Å². The summed E-state index contributed by atoms with van der Waals surface area (Å²) in [6, 6.07) is 6.42. The van der Waals surface area contributed by atoms with E-state index < -0.39 is 17.5 Å². The summed E-state index contributed by atoms with van der Waals surface area (Å²) in [5.74, 6) is 0.465. The molecular weight excluding hydrogens is 322 g/mol. The van der Waals surface area contributed by atoms with Crippen LogP contribution < -0.4 is 15.4 Å². The van der Waals surface area contributed by atoms with Crippen LogP contribution in [-0.2, 0) is 9.59 Å². The van der Waals surface area contributed by atoms with Crippen LogP contribution in [-0.4, -0.2) is 41.9 Å². The molecule has 25 heavy (non-hydrogen) atoms. The summed E-state index contributed by atoms with van der Waals surface area (Å²) < 4.78 is 5.11. The van der Waals surface area contributed by atoms with Gasteiger partial charge in [0, 0.05) is 11.8 Å². The van der Waals surface area contributed by atoms with Crippen LogP contribution in [0.15, 0.2) is 24.3 Å². The zero-order valence-electron chi connectivity index (χ0n) is 14.5. The number of ether oxygens (including phenoxy) is 1. The number of benzene rings is 1. The maximum atomic E-state index is 12.7. The molecule has 134 valence electrons. The molecule has 2 aliphatic rings. The Hall–Kier alpha value is -2.57. The van der Waals surface area contributed by atoms with Crippen LogP contribution in [0.5, 0.6) is 5.75 Å². The summed E-state index contributed by atoms with van der Waals surface area (Å²) in [4.78, 5) is 38.2. The molecule has 4 amide bonds. The standard InChI is InChI=1S/C18H23N3O4/c1-12-6-8-18(9-7-12)16(23)21(17(24)20-18)11-15(22)19-13-4-3-5-14(10-13)25-2/h3-5,10,12H,6-9,11H2,1-2H3,(H,19,22)(H,20,24). The molecule has 1 aliphatic heterocycles. The second kappa shape index (κ2) is 6.74. The monoisotopic (exact) mass is 345 g/mol. The number of rotatable bonds is 4. The van der Waals surface area contributed by atoms with E-state index in [-0.39, 0.29) is 12.5 Å². The molecule has 0 radical (unpaired) electrons. The molecule has 1 saturated heterocycles. The zero-order valence-corrected chi connectivity index (χ0v) is 14.5. The van der Waals surface area contributed by atoms with Crippen LogP contribution in [0.4, 0.5) is 10.5 Å². The molecule has 2 fully saturated rings. The lowest BCUT2D eigenvalue weighted by atomic mass is 9.77. The highest BCUT2D eigenvalue weighted by Crippen LogP contribution is 2.36. The van der Waals surface area contributed by atoms with Crippen molar-refractivity contribution in [2.75, 3.05) is 19.0 Å². The van der Waals surface area contributed by atoms with Gasteiger partial charge >= 0.3 is 6.03 Å². The van der Waals surface area contributed by atoms with Gasteiger partial charge < -0.3 is 15.4 Å². The number of nitrogens with one attached hydrogen (secondary N) is 2. The molecule has 1 spiro atoms. The van der Waals surface area contributed by atoms with E-state index in [0.29, 0.717) is 30.2 Å². The van der Waals surface area contributed by atoms with Gasteiger partial charge in [-0.1, -0.05) is 13.0 Å². The van der Waals surface area contributed by atoms with Crippen molar-refractivity contribution in [3.63, 3.8) is 0 Å². The highest BCUT2D eigenvalue weighted by atomic mass is 16.5. The zero-order chi connectivity index (χ0) is 18.0. The number of imide groups is 1. The van der Waals surface area contributed by atoms with Gasteiger partial charge in [-0.25, -0.2) is 4.79 Å². The summed E-state index contributed by atoms with van der Waals surface area (Å²) in [5, 5.41) is 5.50. The van der Waals surface area contributed by atoms with Crippen LogP contribution in [0.25, 0.3) is 0 Å². The number of nitrogens with zero attached hydrogens (tertiary/aromatic N) is 1. The molecule has 2 N–H and O–H groups in total. The Kier molecular flexibility index (Phi) is 4.65. The van der Waals surface area contributed by atoms with Gasteiger partial charge in [-0.05, 0) is 43.7 Å². The topological polar surface area (TPSA) is 87.7 Å². The van der Waals surface area contributed by atoms with E-state index in [1.807, 2.05) is 0 Å². The van der Waals surface area contributed by atoms with Gasteiger partial charge in [-0.15, -0.1) is 0 Å². The molecule has 7 nitrogen and oxygen atoms in total. The number of amides is 4. The van der Waals surface area contributed by atoms with Crippen LogP contribution in [0.2, 0.25) is 0 Å². The molecule has 1 heterocycles. The Balaban J connectivity index is 1.65. The van der Waals surface area contributed by atoms with Gasteiger partial charge in [0.1, 0.15) is 17.8 Å². The third-order valence-corrected chi connectivity index (χ3v) is 5.03. The Morgan fingerprint density at radius 2 is 2.08 bits per heavy atom. The summed E-state index contributed by atoms with van der Waals surface area (Å²) in [6.07, 6.45) is 3.06. The third kappa shape index (κ3) is 3.45. The molecule has 0 unspecified atom stereocenters. The van der Waals surface area contributed by atoms with Crippen molar-refractivity contribution < 1.29 is 19.1 Å². The molecule has 7 heteroatoms. The Labute approximate surface area is 146 Å². The number of urea groups is 1. The molecule has 1 saturated carbocycles. The first-order valence-corrected chi connectivity index (χ1v) is 8.51. The molecule has 0 atom stereocenters. The Morgan fingerprint density at radius 1 is 1.36 bits per heavy atom. The second-order valence-electron chi connectivity index (χ2n) is 6.87. The lowest BCUT2D eigenvalue weighted by Gasteiger charge is -2.33. The maximum absolute atomic E-state index is 12.7. The van der Waals surface area contributed by atoms with E-state index in [0.717, 1.165) is 17.7 Å². The Morgan fingerprint density at radius 3 is 2.76 bits per heavy atom. The van der Waals surface area contributed by atoms with Gasteiger partial charge in [-0.3, -0.25) is 14.5 Å². The van der Waals surface area contributed by atoms with E-state index in [9.17, 15) is 14.4 Å². The van der Waals surface area contributed by atoms with Crippen molar-refractivity contribution in [3.8, 4) is 5.75 Å². The van der Waals surface area contributed by atoms with Crippen molar-refractivity contribution in [1.82, 2.24) is 10.2 Å². The molecule has 1 aromatic rings. The predicted molar refractivity (Wildman–Crippen MR) is 92.2 cm³/mol. The van der Waals surface area contributed by atoms with Crippen molar-refractivity contribution in [1.29, 1.82) is 0 Å². The molecule has 1 aliphatic carbocycles. The first kappa shape index (κ1) is 17.3. The van der Waals surface area contributed by atoms with Crippen molar-refractivity contribution in [2.24, 2.45) is 5.92 Å². The van der Waals surface area contributed by atoms with E-state index >= 15 is 0 Å². The third-order valence-electron chi connectivity index (χ3n) is 5.03. The van der Waals surface area contributed by atoms with E-state index in [1.54, 1.807) is 31.4 Å². The minimum Gasteiger partial charge on any atom is -0.497 e. The average Bonchev–Trinajstić information content (AvgIpc) is 2.82. The SMILES string of the molecule is COc1cccc(NC(=O)CN2C(=O)NC3(CCC(C)CC3)C2=O)c1. The predicted octanol–water partition coefficient (Wildman–Crippen LogP) is 2.13. The van der Waals surface area contributed by atoms with E-state index in [2.05, 4.69) is 17.6 Å². The normalized spacial score (nSPS) is 25.8. The lowest BCUT2D eigenvalue weighted by Crippen LogP contribution is -2.49. The van der Waals surface area contributed by atoms with Gasteiger partial charge in [0.2, 0.25) is 5.91 Å². The first-order valence-electron chi connectivity index (χ1n) is 8.51. The summed E-state index contributed by atoms with van der Waals surface area (Å²) >= 11 is 0. The van der Waals surface area contributed by atoms with Gasteiger partial charge in [-0.2, -0.15) is 0 Å². The van der Waals surface area contributed by atoms with Crippen molar-refractivity contribution >= 4 is 23.5 Å². The number of hydrogen-bond donors (Lipinski definition) is 2. The number of anilines is 1. The van der Waals surface area contributed by atoms with Crippen LogP contribution in [0, 0.1) is 5.92 Å². The molecule has 0 aromatic heterocycles. The Bertz CT molecular complexity index is 695. The maximum Gasteiger partial charge on any atom is 0.325 e. The van der Waals surface area contributed by atoms with Crippen molar-refractivity contribution in [3.05, 3.63) is 24.3 Å². The highest BCUT2D eigenvalue weighted by molar-refractivity contribution is 6.10. The van der Waals surface area contributed by atoms with E-state index in [4.69, 9.17) is 4.74 Å². The largest absolute Gasteiger partial charge is 0.497 e. The minimum absolute atomic E-state index is 0.287. The van der Waals surface area contributed by atoms with Gasteiger partial charge in [0.15, 0.2) is 0 Å². The average molecular weight is 345 g/mol. The highest BCUT2D eigenvalue weighted by Gasteiger charge is 2.52. The van der Waals surface area contributed by atoms with E-state index in [1.165, 1.54) is 0 Å². The van der Waals surface area contributed by atoms with Crippen LogP contribution in [0.3, 0.4) is 0 Å². The van der Waals surface area contributed by atoms with Crippen LogP contribution in [0.1, 0.15) is 32.6 Å². The first-order chi connectivity index (χ1) is 11.9. The summed E-state index contributed by atoms with van der Waals surface area (Å²) in [6.45, 7) is 1.85. The lowest BCUT2D eigenvalue weighted by molar-refractivity contribution is -0.135. The summed E-state index contributed by atoms with van der Waals surface area (Å²) in [7, 11) is 1.54.